The number of sulfonamides is 1. The van der Waals surface area contributed by atoms with Gasteiger partial charge in [-0.15, -0.1) is 0 Å². The molecule has 0 saturated carbocycles. The van der Waals surface area contributed by atoms with Crippen molar-refractivity contribution in [2.24, 2.45) is 0 Å². The first-order valence-corrected chi connectivity index (χ1v) is 13.9. The van der Waals surface area contributed by atoms with E-state index in [0.717, 1.165) is 21.1 Å². The maximum absolute atomic E-state index is 13.4. The Kier molecular flexibility index (Phi) is 8.34. The SMILES string of the molecule is CCCN(CC(=O)Nc1cc(-c2ccccc2)nn1-c1ccc(C)cc1)S(=O)(=O)c1cc(Cl)ccc1Cl. The molecular formula is C27H26Cl2N4O3S. The van der Waals surface area contributed by atoms with Crippen molar-refractivity contribution in [2.75, 3.05) is 18.4 Å². The van der Waals surface area contributed by atoms with Crippen LogP contribution in [-0.4, -0.2) is 41.5 Å². The first-order valence-electron chi connectivity index (χ1n) is 11.7. The van der Waals surface area contributed by atoms with Crippen molar-refractivity contribution in [3.8, 4) is 16.9 Å². The van der Waals surface area contributed by atoms with Crippen molar-refractivity contribution in [3.05, 3.63) is 94.5 Å². The minimum atomic E-state index is -4.07. The van der Waals surface area contributed by atoms with E-state index in [4.69, 9.17) is 28.3 Å². The molecule has 7 nitrogen and oxygen atoms in total. The van der Waals surface area contributed by atoms with Gasteiger partial charge in [-0.05, 0) is 43.7 Å². The van der Waals surface area contributed by atoms with Crippen LogP contribution in [0.4, 0.5) is 5.82 Å². The highest BCUT2D eigenvalue weighted by Crippen LogP contribution is 2.29. The van der Waals surface area contributed by atoms with E-state index in [1.54, 1.807) is 10.7 Å². The zero-order valence-corrected chi connectivity index (χ0v) is 22.7. The summed E-state index contributed by atoms with van der Waals surface area (Å²) in [6.07, 6.45) is 0.504. The zero-order valence-electron chi connectivity index (χ0n) is 20.4. The summed E-state index contributed by atoms with van der Waals surface area (Å²) in [5, 5.41) is 7.83. The molecule has 0 aliphatic rings. The number of nitrogens with one attached hydrogen (secondary N) is 1. The predicted octanol–water partition coefficient (Wildman–Crippen LogP) is 6.19. The molecule has 4 aromatic rings. The molecule has 192 valence electrons. The normalized spacial score (nSPS) is 11.6. The van der Waals surface area contributed by atoms with Gasteiger partial charge in [0.05, 0.1) is 22.9 Å². The van der Waals surface area contributed by atoms with Crippen molar-refractivity contribution in [1.82, 2.24) is 14.1 Å². The number of aryl methyl sites for hydroxylation is 1. The topological polar surface area (TPSA) is 84.3 Å². The molecule has 1 amide bonds. The minimum absolute atomic E-state index is 0.0378. The Morgan fingerprint density at radius 2 is 1.70 bits per heavy atom. The number of halogens is 2. The predicted molar refractivity (Wildman–Crippen MR) is 148 cm³/mol. The molecule has 0 unspecified atom stereocenters. The Labute approximate surface area is 226 Å². The van der Waals surface area contributed by atoms with Crippen LogP contribution in [0.25, 0.3) is 16.9 Å². The molecule has 4 rings (SSSR count). The lowest BCUT2D eigenvalue weighted by Crippen LogP contribution is -2.38. The number of carbonyl (C=O) groups excluding carboxylic acids is 1. The van der Waals surface area contributed by atoms with Crippen LogP contribution in [0, 0.1) is 6.92 Å². The van der Waals surface area contributed by atoms with E-state index in [9.17, 15) is 13.2 Å². The molecule has 0 spiro atoms. The Morgan fingerprint density at radius 1 is 1.00 bits per heavy atom. The Balaban J connectivity index is 1.65. The zero-order chi connectivity index (χ0) is 26.6. The number of nitrogens with zero attached hydrogens (tertiary/aromatic N) is 3. The third kappa shape index (κ3) is 6.22. The standard InChI is InChI=1S/C27H26Cl2N4O3S/c1-3-15-32(37(35,36)25-16-21(28)11-14-23(25)29)18-27(34)30-26-17-24(20-7-5-4-6-8-20)31-33(26)22-12-9-19(2)10-13-22/h4-14,16-17H,3,15,18H2,1-2H3,(H,30,34). The summed E-state index contributed by atoms with van der Waals surface area (Å²) in [4.78, 5) is 13.1. The van der Waals surface area contributed by atoms with E-state index in [1.807, 2.05) is 68.4 Å². The van der Waals surface area contributed by atoms with E-state index >= 15 is 0 Å². The fourth-order valence-corrected chi connectivity index (χ4v) is 6.02. The van der Waals surface area contributed by atoms with Gasteiger partial charge in [0.1, 0.15) is 10.7 Å². The maximum atomic E-state index is 13.4. The summed E-state index contributed by atoms with van der Waals surface area (Å²) in [7, 11) is -4.07. The van der Waals surface area contributed by atoms with E-state index in [2.05, 4.69) is 5.32 Å². The van der Waals surface area contributed by atoms with Crippen molar-refractivity contribution in [3.63, 3.8) is 0 Å². The fraction of sp³-hybridized carbons (Fsp3) is 0.185. The van der Waals surface area contributed by atoms with Crippen molar-refractivity contribution >= 4 is 45.0 Å². The van der Waals surface area contributed by atoms with Crippen LogP contribution < -0.4 is 5.32 Å². The largest absolute Gasteiger partial charge is 0.309 e. The number of aromatic nitrogens is 2. The molecule has 0 atom stereocenters. The molecule has 3 aromatic carbocycles. The van der Waals surface area contributed by atoms with Crippen LogP contribution >= 0.6 is 23.2 Å². The number of benzene rings is 3. The van der Waals surface area contributed by atoms with Crippen LogP contribution in [0.2, 0.25) is 10.0 Å². The van der Waals surface area contributed by atoms with E-state index in [1.165, 1.54) is 18.2 Å². The number of rotatable bonds is 9. The van der Waals surface area contributed by atoms with Gasteiger partial charge in [0.2, 0.25) is 15.9 Å². The summed E-state index contributed by atoms with van der Waals surface area (Å²) < 4.78 is 29.5. The van der Waals surface area contributed by atoms with Gasteiger partial charge in [-0.1, -0.05) is 78.2 Å². The number of amides is 1. The van der Waals surface area contributed by atoms with Crippen molar-refractivity contribution in [2.45, 2.75) is 25.2 Å². The number of carbonyl (C=O) groups is 1. The van der Waals surface area contributed by atoms with Gasteiger partial charge in [0.15, 0.2) is 0 Å². The van der Waals surface area contributed by atoms with Crippen molar-refractivity contribution < 1.29 is 13.2 Å². The Bertz CT molecular complexity index is 1500. The molecule has 37 heavy (non-hydrogen) atoms. The average molecular weight is 558 g/mol. The summed E-state index contributed by atoms with van der Waals surface area (Å²) in [6.45, 7) is 3.54. The second-order valence-corrected chi connectivity index (χ2v) is 11.2. The second kappa shape index (κ2) is 11.5. The molecule has 0 saturated heterocycles. The van der Waals surface area contributed by atoms with Gasteiger partial charge in [-0.25, -0.2) is 13.1 Å². The lowest BCUT2D eigenvalue weighted by molar-refractivity contribution is -0.116. The molecule has 0 fully saturated rings. The second-order valence-electron chi connectivity index (χ2n) is 8.49. The smallest absolute Gasteiger partial charge is 0.245 e. The molecule has 0 aliphatic carbocycles. The number of anilines is 1. The van der Waals surface area contributed by atoms with Gasteiger partial charge in [0.25, 0.3) is 0 Å². The molecule has 10 heteroatoms. The average Bonchev–Trinajstić information content (AvgIpc) is 3.29. The minimum Gasteiger partial charge on any atom is -0.309 e. The monoisotopic (exact) mass is 556 g/mol. The highest BCUT2D eigenvalue weighted by Gasteiger charge is 2.29. The fourth-order valence-electron chi connectivity index (χ4n) is 3.79. The van der Waals surface area contributed by atoms with E-state index < -0.39 is 22.5 Å². The third-order valence-electron chi connectivity index (χ3n) is 5.63. The third-order valence-corrected chi connectivity index (χ3v) is 8.19. The number of hydrogen-bond acceptors (Lipinski definition) is 4. The van der Waals surface area contributed by atoms with Gasteiger partial charge in [0, 0.05) is 23.2 Å². The first kappa shape index (κ1) is 26.9. The van der Waals surface area contributed by atoms with Crippen molar-refractivity contribution in [1.29, 1.82) is 0 Å². The molecular weight excluding hydrogens is 531 g/mol. The maximum Gasteiger partial charge on any atom is 0.245 e. The summed E-state index contributed by atoms with van der Waals surface area (Å²) in [6, 6.07) is 23.3. The highest BCUT2D eigenvalue weighted by molar-refractivity contribution is 7.89. The highest BCUT2D eigenvalue weighted by atomic mass is 35.5. The molecule has 1 N–H and O–H groups in total. The van der Waals surface area contributed by atoms with Gasteiger partial charge in [-0.2, -0.15) is 9.40 Å². The van der Waals surface area contributed by atoms with Crippen LogP contribution in [0.1, 0.15) is 18.9 Å². The van der Waals surface area contributed by atoms with Gasteiger partial charge in [-0.3, -0.25) is 4.79 Å². The summed E-state index contributed by atoms with van der Waals surface area (Å²) >= 11 is 12.2. The molecule has 1 heterocycles. The molecule has 0 aliphatic heterocycles. The molecule has 0 bridgehead atoms. The molecule has 1 aromatic heterocycles. The van der Waals surface area contributed by atoms with Gasteiger partial charge < -0.3 is 5.32 Å². The quantitative estimate of drug-likeness (QED) is 0.266. The van der Waals surface area contributed by atoms with E-state index in [-0.39, 0.29) is 21.5 Å². The molecule has 0 radical (unpaired) electrons. The van der Waals surface area contributed by atoms with Crippen LogP contribution in [0.3, 0.4) is 0 Å². The van der Waals surface area contributed by atoms with E-state index in [0.29, 0.717) is 17.9 Å². The Morgan fingerprint density at radius 3 is 2.38 bits per heavy atom. The number of hydrogen-bond donors (Lipinski definition) is 1. The van der Waals surface area contributed by atoms with Crippen LogP contribution in [0.15, 0.2) is 83.8 Å². The Hall–Kier alpha value is -3.17. The lowest BCUT2D eigenvalue weighted by atomic mass is 10.1. The van der Waals surface area contributed by atoms with Crippen LogP contribution in [0.5, 0.6) is 0 Å². The summed E-state index contributed by atoms with van der Waals surface area (Å²) in [5.41, 5.74) is 3.39. The first-order chi connectivity index (χ1) is 17.7. The lowest BCUT2D eigenvalue weighted by Gasteiger charge is -2.22. The summed E-state index contributed by atoms with van der Waals surface area (Å²) in [5.74, 6) is -0.0922. The van der Waals surface area contributed by atoms with Gasteiger partial charge >= 0.3 is 0 Å². The van der Waals surface area contributed by atoms with Crippen LogP contribution in [-0.2, 0) is 14.8 Å².